The highest BCUT2D eigenvalue weighted by molar-refractivity contribution is 8.00. The molecule has 2 aromatic heterocycles. The maximum atomic E-state index is 14.1. The molecule has 138 valence electrons. The Labute approximate surface area is 161 Å². The van der Waals surface area contributed by atoms with Crippen molar-refractivity contribution in [1.29, 1.82) is 0 Å². The Bertz CT molecular complexity index is 878. The maximum Gasteiger partial charge on any atom is 0.151 e. The molecule has 0 radical (unpaired) electrons. The van der Waals surface area contributed by atoms with Gasteiger partial charge in [0.15, 0.2) is 5.82 Å². The van der Waals surface area contributed by atoms with Crippen LogP contribution in [-0.4, -0.2) is 22.4 Å². The van der Waals surface area contributed by atoms with Crippen LogP contribution < -0.4 is 10.6 Å². The van der Waals surface area contributed by atoms with Crippen LogP contribution in [0.15, 0.2) is 34.7 Å². The zero-order valence-corrected chi connectivity index (χ0v) is 16.6. The van der Waals surface area contributed by atoms with Crippen LogP contribution in [0, 0.1) is 5.82 Å². The predicted molar refractivity (Wildman–Crippen MR) is 109 cm³/mol. The fourth-order valence-corrected chi connectivity index (χ4v) is 5.51. The molecule has 2 aliphatic heterocycles. The van der Waals surface area contributed by atoms with Crippen molar-refractivity contribution < 1.29 is 4.39 Å². The highest BCUT2D eigenvalue weighted by atomic mass is 32.2. The molecular formula is C19H23FN4S2. The molecule has 4 heterocycles. The van der Waals surface area contributed by atoms with E-state index in [9.17, 15) is 4.39 Å². The summed E-state index contributed by atoms with van der Waals surface area (Å²) in [7, 11) is 1.80. The van der Waals surface area contributed by atoms with Gasteiger partial charge in [-0.25, -0.2) is 4.39 Å². The molecule has 7 heteroatoms. The number of piperidine rings is 1. The molecule has 4 nitrogen and oxygen atoms in total. The first-order valence-corrected chi connectivity index (χ1v) is 10.7. The summed E-state index contributed by atoms with van der Waals surface area (Å²) >= 11 is 3.41. The van der Waals surface area contributed by atoms with Gasteiger partial charge in [0.1, 0.15) is 15.9 Å². The predicted octanol–water partition coefficient (Wildman–Crippen LogP) is 5.14. The van der Waals surface area contributed by atoms with Gasteiger partial charge in [-0.15, -0.1) is 11.3 Å². The van der Waals surface area contributed by atoms with Gasteiger partial charge in [-0.05, 0) is 55.5 Å². The zero-order valence-electron chi connectivity index (χ0n) is 15.0. The summed E-state index contributed by atoms with van der Waals surface area (Å²) in [5, 5.41) is 15.1. The number of thiophene rings is 1. The first-order valence-electron chi connectivity index (χ1n) is 8.97. The van der Waals surface area contributed by atoms with Crippen LogP contribution >= 0.6 is 23.1 Å². The molecule has 0 aliphatic carbocycles. The summed E-state index contributed by atoms with van der Waals surface area (Å²) in [5.41, 5.74) is 1.38. The number of hydrogen-bond acceptors (Lipinski definition) is 5. The number of aromatic nitrogens is 2. The number of nitrogens with one attached hydrogen (secondary N) is 2. The third kappa shape index (κ3) is 3.75. The fourth-order valence-electron chi connectivity index (χ4n) is 3.33. The topological polar surface area (TPSA) is 41.9 Å². The van der Waals surface area contributed by atoms with Crippen LogP contribution in [-0.2, 0) is 7.05 Å². The van der Waals surface area contributed by atoms with Crippen LogP contribution in [0.2, 0.25) is 0 Å². The van der Waals surface area contributed by atoms with Crippen molar-refractivity contribution in [3.05, 3.63) is 41.2 Å². The SMILES string of the molecule is CC1CCCCN1.Cn1cc2cc(C3Nc4sccc4S3)cc(F)c2n1. The molecule has 0 spiro atoms. The van der Waals surface area contributed by atoms with Crippen LogP contribution in [0.25, 0.3) is 10.9 Å². The second kappa shape index (κ2) is 7.58. The Morgan fingerprint density at radius 3 is 2.88 bits per heavy atom. The number of hydrogen-bond donors (Lipinski definition) is 2. The van der Waals surface area contributed by atoms with E-state index in [4.69, 9.17) is 0 Å². The number of benzene rings is 1. The minimum atomic E-state index is -0.259. The molecule has 0 bridgehead atoms. The highest BCUT2D eigenvalue weighted by Gasteiger charge is 2.25. The molecular weight excluding hydrogens is 367 g/mol. The molecule has 2 unspecified atom stereocenters. The van der Waals surface area contributed by atoms with Crippen molar-refractivity contribution in [2.75, 3.05) is 11.9 Å². The van der Waals surface area contributed by atoms with Gasteiger partial charge in [-0.3, -0.25) is 4.68 Å². The van der Waals surface area contributed by atoms with E-state index in [2.05, 4.69) is 34.1 Å². The minimum Gasteiger partial charge on any atom is -0.360 e. The average Bonchev–Trinajstić information content (AvgIpc) is 3.29. The Morgan fingerprint density at radius 1 is 1.31 bits per heavy atom. The molecule has 26 heavy (non-hydrogen) atoms. The molecule has 1 aromatic carbocycles. The van der Waals surface area contributed by atoms with E-state index in [-0.39, 0.29) is 11.2 Å². The maximum absolute atomic E-state index is 14.1. The third-order valence-electron chi connectivity index (χ3n) is 4.69. The summed E-state index contributed by atoms with van der Waals surface area (Å²) in [6.07, 6.45) is 6.02. The number of anilines is 1. The molecule has 2 N–H and O–H groups in total. The number of aryl methyl sites for hydroxylation is 1. The number of rotatable bonds is 1. The Kier molecular flexibility index (Phi) is 5.20. The fraction of sp³-hybridized carbons (Fsp3) is 0.421. The van der Waals surface area contributed by atoms with Gasteiger partial charge < -0.3 is 10.6 Å². The van der Waals surface area contributed by atoms with Gasteiger partial charge in [-0.2, -0.15) is 5.10 Å². The van der Waals surface area contributed by atoms with Gasteiger partial charge in [0, 0.05) is 29.6 Å². The Balaban J connectivity index is 0.000000204. The van der Waals surface area contributed by atoms with E-state index in [1.54, 1.807) is 40.9 Å². The van der Waals surface area contributed by atoms with E-state index in [1.807, 2.05) is 12.3 Å². The Hall–Kier alpha value is -1.57. The van der Waals surface area contributed by atoms with Crippen molar-refractivity contribution in [3.63, 3.8) is 0 Å². The van der Waals surface area contributed by atoms with E-state index < -0.39 is 0 Å². The highest BCUT2D eigenvalue weighted by Crippen LogP contribution is 2.49. The first-order chi connectivity index (χ1) is 12.6. The molecule has 3 aromatic rings. The number of nitrogens with zero attached hydrogens (tertiary/aromatic N) is 2. The molecule has 1 fully saturated rings. The summed E-state index contributed by atoms with van der Waals surface area (Å²) < 4.78 is 15.7. The van der Waals surface area contributed by atoms with Crippen molar-refractivity contribution >= 4 is 39.0 Å². The van der Waals surface area contributed by atoms with E-state index in [1.165, 1.54) is 35.7 Å². The van der Waals surface area contributed by atoms with Gasteiger partial charge in [0.05, 0.1) is 0 Å². The second-order valence-electron chi connectivity index (χ2n) is 6.85. The first kappa shape index (κ1) is 17.8. The van der Waals surface area contributed by atoms with Gasteiger partial charge in [0.2, 0.25) is 0 Å². The third-order valence-corrected chi connectivity index (χ3v) is 6.89. The van der Waals surface area contributed by atoms with Crippen molar-refractivity contribution in [2.24, 2.45) is 7.05 Å². The standard InChI is InChI=1S/C13H10FN3S2.C6H13N/c1-17-6-8-4-7(5-9(14)11(8)16-17)12-15-13-10(19-12)2-3-18-13;1-6-4-2-3-5-7-6/h2-6,12,15H,1H3;6-7H,2-5H2,1H3. The van der Waals surface area contributed by atoms with Gasteiger partial charge in [0.25, 0.3) is 0 Å². The van der Waals surface area contributed by atoms with E-state index >= 15 is 0 Å². The van der Waals surface area contributed by atoms with Crippen LogP contribution in [0.4, 0.5) is 9.39 Å². The minimum absolute atomic E-state index is 0.0848. The molecule has 0 amide bonds. The smallest absolute Gasteiger partial charge is 0.151 e. The second-order valence-corrected chi connectivity index (χ2v) is 8.91. The number of thioether (sulfide) groups is 1. The van der Waals surface area contributed by atoms with Crippen molar-refractivity contribution in [1.82, 2.24) is 15.1 Å². The lowest BCUT2D eigenvalue weighted by atomic mass is 10.1. The normalized spacial score (nSPS) is 21.8. The lowest BCUT2D eigenvalue weighted by Crippen LogP contribution is -2.30. The van der Waals surface area contributed by atoms with Gasteiger partial charge >= 0.3 is 0 Å². The van der Waals surface area contributed by atoms with E-state index in [0.717, 1.165) is 17.0 Å². The monoisotopic (exact) mass is 390 g/mol. The molecule has 1 saturated heterocycles. The number of fused-ring (bicyclic) bond motifs is 2. The Morgan fingerprint density at radius 2 is 2.19 bits per heavy atom. The van der Waals surface area contributed by atoms with Crippen LogP contribution in [0.1, 0.15) is 37.1 Å². The molecule has 2 atom stereocenters. The molecule has 5 rings (SSSR count). The van der Waals surface area contributed by atoms with Crippen LogP contribution in [0.5, 0.6) is 0 Å². The summed E-state index contributed by atoms with van der Waals surface area (Å²) in [6.45, 7) is 3.49. The molecule has 0 saturated carbocycles. The molecule has 2 aliphatic rings. The largest absolute Gasteiger partial charge is 0.360 e. The van der Waals surface area contributed by atoms with E-state index in [0.29, 0.717) is 5.52 Å². The quantitative estimate of drug-likeness (QED) is 0.604. The summed E-state index contributed by atoms with van der Waals surface area (Å²) in [4.78, 5) is 1.24. The lowest BCUT2D eigenvalue weighted by molar-refractivity contribution is 0.425. The lowest BCUT2D eigenvalue weighted by Gasteiger charge is -2.18. The van der Waals surface area contributed by atoms with Crippen molar-refractivity contribution in [3.8, 4) is 0 Å². The van der Waals surface area contributed by atoms with Gasteiger partial charge in [-0.1, -0.05) is 18.2 Å². The number of halogens is 1. The summed E-state index contributed by atoms with van der Waals surface area (Å²) in [6, 6.07) is 6.47. The summed E-state index contributed by atoms with van der Waals surface area (Å²) in [5.74, 6) is -0.259. The average molecular weight is 391 g/mol. The zero-order chi connectivity index (χ0) is 18.1. The van der Waals surface area contributed by atoms with Crippen molar-refractivity contribution in [2.45, 2.75) is 42.5 Å². The van der Waals surface area contributed by atoms with Crippen LogP contribution in [0.3, 0.4) is 0 Å².